The van der Waals surface area contributed by atoms with E-state index in [-0.39, 0.29) is 29.4 Å². The zero-order chi connectivity index (χ0) is 22.7. The highest BCUT2D eigenvalue weighted by Crippen LogP contribution is 2.31. The van der Waals surface area contributed by atoms with Crippen LogP contribution in [0.5, 0.6) is 5.88 Å². The van der Waals surface area contributed by atoms with Crippen molar-refractivity contribution in [2.45, 2.75) is 12.5 Å². The van der Waals surface area contributed by atoms with Crippen molar-refractivity contribution in [1.29, 1.82) is 0 Å². The van der Waals surface area contributed by atoms with Gasteiger partial charge in [-0.05, 0) is 35.9 Å². The van der Waals surface area contributed by atoms with E-state index in [1.54, 1.807) is 24.3 Å². The molecule has 32 heavy (non-hydrogen) atoms. The lowest BCUT2D eigenvalue weighted by Gasteiger charge is -2.30. The number of aromatic nitrogens is 1. The summed E-state index contributed by atoms with van der Waals surface area (Å²) in [5.41, 5.74) is 1.01. The van der Waals surface area contributed by atoms with Crippen LogP contribution in [0.3, 0.4) is 0 Å². The van der Waals surface area contributed by atoms with Gasteiger partial charge < -0.3 is 10.1 Å². The summed E-state index contributed by atoms with van der Waals surface area (Å²) in [5, 5.41) is 3.14. The van der Waals surface area contributed by atoms with Gasteiger partial charge in [0.25, 0.3) is 11.8 Å². The SMILES string of the molecule is COc1ccc2c(n1)C(C(=O)Nc1ccc(F)cc1)C(=O)N(OCc1ccccc1)C2=O. The number of hydrogen-bond acceptors (Lipinski definition) is 6. The summed E-state index contributed by atoms with van der Waals surface area (Å²) in [4.78, 5) is 48.8. The van der Waals surface area contributed by atoms with E-state index in [9.17, 15) is 18.8 Å². The molecule has 4 rings (SSSR count). The number of nitrogens with one attached hydrogen (secondary N) is 1. The van der Waals surface area contributed by atoms with Gasteiger partial charge in [0, 0.05) is 11.8 Å². The Morgan fingerprint density at radius 1 is 1.06 bits per heavy atom. The van der Waals surface area contributed by atoms with E-state index in [0.717, 1.165) is 5.56 Å². The van der Waals surface area contributed by atoms with Crippen molar-refractivity contribution in [3.05, 3.63) is 89.4 Å². The molecule has 162 valence electrons. The molecule has 2 aromatic carbocycles. The van der Waals surface area contributed by atoms with Gasteiger partial charge in [-0.3, -0.25) is 19.2 Å². The van der Waals surface area contributed by atoms with Gasteiger partial charge in [-0.25, -0.2) is 9.37 Å². The van der Waals surface area contributed by atoms with Crippen molar-refractivity contribution in [3.63, 3.8) is 0 Å². The topological polar surface area (TPSA) is 97.8 Å². The second-order valence-electron chi connectivity index (χ2n) is 6.91. The molecule has 1 aliphatic heterocycles. The van der Waals surface area contributed by atoms with Crippen LogP contribution in [-0.2, 0) is 21.0 Å². The quantitative estimate of drug-likeness (QED) is 0.472. The Hall–Kier alpha value is -4.11. The highest BCUT2D eigenvalue weighted by molar-refractivity contribution is 6.20. The number of anilines is 1. The van der Waals surface area contributed by atoms with Crippen LogP contribution in [0.1, 0.15) is 27.5 Å². The molecule has 0 radical (unpaired) electrons. The molecule has 8 nitrogen and oxygen atoms in total. The first-order chi connectivity index (χ1) is 15.5. The summed E-state index contributed by atoms with van der Waals surface area (Å²) in [6.07, 6.45) is 0. The molecule has 0 aliphatic carbocycles. The Bertz CT molecular complexity index is 1170. The Morgan fingerprint density at radius 2 is 1.78 bits per heavy atom. The largest absolute Gasteiger partial charge is 0.481 e. The zero-order valence-electron chi connectivity index (χ0n) is 16.9. The number of nitrogens with zero attached hydrogens (tertiary/aromatic N) is 2. The fourth-order valence-corrected chi connectivity index (χ4v) is 3.23. The average Bonchev–Trinajstić information content (AvgIpc) is 2.81. The Morgan fingerprint density at radius 3 is 2.47 bits per heavy atom. The van der Waals surface area contributed by atoms with Crippen molar-refractivity contribution in [1.82, 2.24) is 10.0 Å². The van der Waals surface area contributed by atoms with Gasteiger partial charge in [0.1, 0.15) is 12.4 Å². The molecular formula is C23H18FN3O5. The normalized spacial score (nSPS) is 15.3. The van der Waals surface area contributed by atoms with Crippen LogP contribution in [-0.4, -0.2) is 34.9 Å². The molecule has 3 aromatic rings. The number of rotatable bonds is 6. The minimum atomic E-state index is -1.47. The van der Waals surface area contributed by atoms with Crippen LogP contribution in [0.4, 0.5) is 10.1 Å². The highest BCUT2D eigenvalue weighted by atomic mass is 19.1. The van der Waals surface area contributed by atoms with E-state index in [2.05, 4.69) is 10.3 Å². The van der Waals surface area contributed by atoms with Gasteiger partial charge in [-0.1, -0.05) is 30.3 Å². The molecule has 1 N–H and O–H groups in total. The number of amides is 3. The maximum Gasteiger partial charge on any atom is 0.286 e. The standard InChI is InChI=1S/C23H18FN3O5/c1-31-18-12-11-17-20(26-18)19(21(28)25-16-9-7-15(24)8-10-16)23(30)27(22(17)29)32-13-14-5-3-2-4-6-14/h2-12,19H,13H2,1H3,(H,25,28). The summed E-state index contributed by atoms with van der Waals surface area (Å²) >= 11 is 0. The van der Waals surface area contributed by atoms with Gasteiger partial charge in [-0.2, -0.15) is 0 Å². The van der Waals surface area contributed by atoms with Gasteiger partial charge >= 0.3 is 0 Å². The van der Waals surface area contributed by atoms with Crippen LogP contribution >= 0.6 is 0 Å². The number of hydrogen-bond donors (Lipinski definition) is 1. The first-order valence-electron chi connectivity index (χ1n) is 9.64. The molecule has 0 spiro atoms. The van der Waals surface area contributed by atoms with E-state index >= 15 is 0 Å². The third-order valence-corrected chi connectivity index (χ3v) is 4.82. The third kappa shape index (κ3) is 4.19. The van der Waals surface area contributed by atoms with E-state index in [1.165, 1.54) is 43.5 Å². The summed E-state index contributed by atoms with van der Waals surface area (Å²) in [5.74, 6) is -4.18. The predicted octanol–water partition coefficient (Wildman–Crippen LogP) is 3.07. The lowest BCUT2D eigenvalue weighted by molar-refractivity contribution is -0.177. The van der Waals surface area contributed by atoms with E-state index < -0.39 is 29.5 Å². The molecule has 1 aliphatic rings. The van der Waals surface area contributed by atoms with Crippen molar-refractivity contribution >= 4 is 23.4 Å². The second kappa shape index (κ2) is 8.94. The van der Waals surface area contributed by atoms with Crippen LogP contribution in [0.2, 0.25) is 0 Å². The van der Waals surface area contributed by atoms with Gasteiger partial charge in [0.2, 0.25) is 11.8 Å². The number of benzene rings is 2. The number of hydroxylamine groups is 2. The third-order valence-electron chi connectivity index (χ3n) is 4.82. The Balaban J connectivity index is 1.67. The minimum Gasteiger partial charge on any atom is -0.481 e. The van der Waals surface area contributed by atoms with Gasteiger partial charge in [0.15, 0.2) is 5.92 Å². The number of ether oxygens (including phenoxy) is 1. The van der Waals surface area contributed by atoms with Crippen molar-refractivity contribution in [2.24, 2.45) is 0 Å². The highest BCUT2D eigenvalue weighted by Gasteiger charge is 2.45. The molecule has 0 bridgehead atoms. The van der Waals surface area contributed by atoms with Crippen molar-refractivity contribution < 1.29 is 28.3 Å². The Kier molecular flexibility index (Phi) is 5.91. The van der Waals surface area contributed by atoms with Crippen LogP contribution in [0.15, 0.2) is 66.7 Å². The monoisotopic (exact) mass is 435 g/mol. The van der Waals surface area contributed by atoms with Crippen LogP contribution in [0.25, 0.3) is 0 Å². The van der Waals surface area contributed by atoms with Gasteiger partial charge in [-0.15, -0.1) is 5.06 Å². The molecule has 0 saturated heterocycles. The van der Waals surface area contributed by atoms with E-state index in [1.807, 2.05) is 6.07 Å². The average molecular weight is 435 g/mol. The molecular weight excluding hydrogens is 417 g/mol. The summed E-state index contributed by atoms with van der Waals surface area (Å²) in [6.45, 7) is -0.0520. The van der Waals surface area contributed by atoms with Gasteiger partial charge in [0.05, 0.1) is 18.4 Å². The maximum absolute atomic E-state index is 13.2. The zero-order valence-corrected chi connectivity index (χ0v) is 16.9. The maximum atomic E-state index is 13.2. The lowest BCUT2D eigenvalue weighted by Crippen LogP contribution is -2.48. The van der Waals surface area contributed by atoms with Crippen LogP contribution < -0.4 is 10.1 Å². The molecule has 0 saturated carbocycles. The minimum absolute atomic E-state index is 0.0396. The Labute approximate surface area is 182 Å². The molecule has 1 atom stereocenters. The van der Waals surface area contributed by atoms with E-state index in [4.69, 9.17) is 9.57 Å². The van der Waals surface area contributed by atoms with Crippen molar-refractivity contribution in [2.75, 3.05) is 12.4 Å². The second-order valence-corrected chi connectivity index (χ2v) is 6.91. The first-order valence-corrected chi connectivity index (χ1v) is 9.64. The fraction of sp³-hybridized carbons (Fsp3) is 0.130. The predicted molar refractivity (Wildman–Crippen MR) is 111 cm³/mol. The number of carbonyl (C=O) groups is 3. The number of imide groups is 1. The number of halogens is 1. The molecule has 0 fully saturated rings. The fourth-order valence-electron chi connectivity index (χ4n) is 3.23. The molecule has 9 heteroatoms. The summed E-state index contributed by atoms with van der Waals surface area (Å²) in [7, 11) is 1.38. The molecule has 2 heterocycles. The summed E-state index contributed by atoms with van der Waals surface area (Å²) < 4.78 is 18.3. The number of fused-ring (bicyclic) bond motifs is 1. The number of carbonyl (C=O) groups excluding carboxylic acids is 3. The lowest BCUT2D eigenvalue weighted by atomic mass is 9.93. The molecule has 1 aromatic heterocycles. The first kappa shape index (κ1) is 21.1. The summed E-state index contributed by atoms with van der Waals surface area (Å²) in [6, 6.07) is 16.9. The molecule has 3 amide bonds. The van der Waals surface area contributed by atoms with Crippen LogP contribution in [0, 0.1) is 5.82 Å². The molecule has 1 unspecified atom stereocenters. The van der Waals surface area contributed by atoms with Crippen molar-refractivity contribution in [3.8, 4) is 5.88 Å². The number of pyridine rings is 1. The smallest absolute Gasteiger partial charge is 0.286 e. The van der Waals surface area contributed by atoms with E-state index in [0.29, 0.717) is 5.06 Å². The number of methoxy groups -OCH3 is 1.